The van der Waals surface area contributed by atoms with Gasteiger partial charge in [0.15, 0.2) is 0 Å². The van der Waals surface area contributed by atoms with Gasteiger partial charge in [-0.05, 0) is 42.8 Å². The molecule has 0 unspecified atom stereocenters. The van der Waals surface area contributed by atoms with Crippen LogP contribution in [0.5, 0.6) is 0 Å². The molecule has 3 rings (SSSR count). The van der Waals surface area contributed by atoms with Gasteiger partial charge in [0.25, 0.3) is 0 Å². The summed E-state index contributed by atoms with van der Waals surface area (Å²) in [6, 6.07) is 15.5. The quantitative estimate of drug-likeness (QED) is 0.692. The van der Waals surface area contributed by atoms with Crippen LogP contribution < -0.4 is 0 Å². The highest BCUT2D eigenvalue weighted by Gasteiger charge is 2.06. The first-order valence-electron chi connectivity index (χ1n) is 6.55. The molecule has 0 radical (unpaired) electrons. The van der Waals surface area contributed by atoms with Crippen LogP contribution in [0.15, 0.2) is 52.9 Å². The second kappa shape index (κ2) is 5.94. The van der Waals surface area contributed by atoms with Crippen molar-refractivity contribution in [2.45, 2.75) is 6.92 Å². The molecule has 3 aromatic rings. The predicted octanol–water partition coefficient (Wildman–Crippen LogP) is 4.87. The summed E-state index contributed by atoms with van der Waals surface area (Å²) in [6.45, 7) is 2.03. The van der Waals surface area contributed by atoms with Crippen molar-refractivity contribution in [2.75, 3.05) is 0 Å². The van der Waals surface area contributed by atoms with Gasteiger partial charge in [-0.3, -0.25) is 0 Å². The summed E-state index contributed by atoms with van der Waals surface area (Å²) >= 11 is 5.85. The molecule has 0 spiro atoms. The number of halogens is 1. The number of benzene rings is 2. The van der Waals surface area contributed by atoms with Crippen LogP contribution in [0.25, 0.3) is 23.6 Å². The molecule has 0 amide bonds. The predicted molar refractivity (Wildman–Crippen MR) is 84.9 cm³/mol. The largest absolute Gasteiger partial charge is 0.417 e. The van der Waals surface area contributed by atoms with Gasteiger partial charge in [0, 0.05) is 16.7 Å². The van der Waals surface area contributed by atoms with Crippen molar-refractivity contribution in [1.29, 1.82) is 0 Å². The zero-order valence-corrected chi connectivity index (χ0v) is 12.2. The molecule has 0 saturated carbocycles. The Morgan fingerprint density at radius 3 is 2.57 bits per heavy atom. The third-order valence-electron chi connectivity index (χ3n) is 2.99. The van der Waals surface area contributed by atoms with Gasteiger partial charge in [0.1, 0.15) is 0 Å². The van der Waals surface area contributed by atoms with Gasteiger partial charge in [-0.15, -0.1) is 10.2 Å². The fraction of sp³-hybridized carbons (Fsp3) is 0.0588. The van der Waals surface area contributed by atoms with Crippen LogP contribution in [0.2, 0.25) is 5.02 Å². The van der Waals surface area contributed by atoms with Crippen LogP contribution in [0, 0.1) is 6.92 Å². The van der Waals surface area contributed by atoms with Crippen LogP contribution in [0.4, 0.5) is 0 Å². The van der Waals surface area contributed by atoms with E-state index in [0.717, 1.165) is 16.7 Å². The fourth-order valence-electron chi connectivity index (χ4n) is 1.94. The van der Waals surface area contributed by atoms with Crippen molar-refractivity contribution >= 4 is 23.8 Å². The molecule has 104 valence electrons. The Morgan fingerprint density at radius 1 is 1.00 bits per heavy atom. The van der Waals surface area contributed by atoms with E-state index >= 15 is 0 Å². The lowest BCUT2D eigenvalue weighted by atomic mass is 10.1. The highest BCUT2D eigenvalue weighted by molar-refractivity contribution is 6.30. The second-order valence-corrected chi connectivity index (χ2v) is 5.14. The molecule has 0 aliphatic rings. The summed E-state index contributed by atoms with van der Waals surface area (Å²) in [6.07, 6.45) is 3.69. The number of hydrogen-bond donors (Lipinski definition) is 0. The lowest BCUT2D eigenvalue weighted by molar-refractivity contribution is 0.558. The van der Waals surface area contributed by atoms with Gasteiger partial charge in [-0.1, -0.05) is 41.4 Å². The monoisotopic (exact) mass is 296 g/mol. The highest BCUT2D eigenvalue weighted by atomic mass is 35.5. The first-order valence-corrected chi connectivity index (χ1v) is 6.93. The minimum absolute atomic E-state index is 0.474. The Morgan fingerprint density at radius 2 is 1.81 bits per heavy atom. The SMILES string of the molecule is Cc1cccc(-c2nnc(/C=C/c3ccc(Cl)cc3)o2)c1. The molecular formula is C17H13ClN2O. The molecule has 0 N–H and O–H groups in total. The second-order valence-electron chi connectivity index (χ2n) is 4.70. The van der Waals surface area contributed by atoms with E-state index in [-0.39, 0.29) is 0 Å². The Kier molecular flexibility index (Phi) is 3.84. The molecule has 4 heteroatoms. The molecule has 0 aliphatic heterocycles. The molecule has 0 bridgehead atoms. The number of rotatable bonds is 3. The highest BCUT2D eigenvalue weighted by Crippen LogP contribution is 2.20. The van der Waals surface area contributed by atoms with Gasteiger partial charge in [-0.2, -0.15) is 0 Å². The number of hydrogen-bond acceptors (Lipinski definition) is 3. The molecule has 1 aromatic heterocycles. The molecule has 0 saturated heterocycles. The average molecular weight is 297 g/mol. The van der Waals surface area contributed by atoms with E-state index in [1.807, 2.05) is 61.5 Å². The van der Waals surface area contributed by atoms with E-state index in [4.69, 9.17) is 16.0 Å². The zero-order valence-electron chi connectivity index (χ0n) is 11.5. The molecule has 0 fully saturated rings. The smallest absolute Gasteiger partial charge is 0.248 e. The van der Waals surface area contributed by atoms with E-state index in [0.29, 0.717) is 16.8 Å². The van der Waals surface area contributed by atoms with E-state index in [1.54, 1.807) is 6.08 Å². The van der Waals surface area contributed by atoms with Crippen molar-refractivity contribution < 1.29 is 4.42 Å². The molecular weight excluding hydrogens is 284 g/mol. The Bertz CT molecular complexity index is 775. The Hall–Kier alpha value is -2.39. The number of aryl methyl sites for hydroxylation is 1. The van der Waals surface area contributed by atoms with Gasteiger partial charge in [0.05, 0.1) is 0 Å². The van der Waals surface area contributed by atoms with E-state index in [2.05, 4.69) is 10.2 Å². The van der Waals surface area contributed by atoms with E-state index in [9.17, 15) is 0 Å². The summed E-state index contributed by atoms with van der Waals surface area (Å²) in [4.78, 5) is 0. The third-order valence-corrected chi connectivity index (χ3v) is 3.25. The molecule has 1 heterocycles. The normalized spacial score (nSPS) is 11.1. The minimum Gasteiger partial charge on any atom is -0.417 e. The van der Waals surface area contributed by atoms with Crippen LogP contribution in [-0.2, 0) is 0 Å². The molecule has 3 nitrogen and oxygen atoms in total. The van der Waals surface area contributed by atoms with E-state index in [1.165, 1.54) is 0 Å². The standard InChI is InChI=1S/C17H13ClN2O/c1-12-3-2-4-14(11-12)17-20-19-16(21-17)10-7-13-5-8-15(18)9-6-13/h2-11H,1H3/b10-7+. The first-order chi connectivity index (χ1) is 10.2. The van der Waals surface area contributed by atoms with Gasteiger partial charge in [0.2, 0.25) is 11.8 Å². The number of aromatic nitrogens is 2. The van der Waals surface area contributed by atoms with Gasteiger partial charge >= 0.3 is 0 Å². The van der Waals surface area contributed by atoms with Crippen LogP contribution in [0.1, 0.15) is 17.0 Å². The van der Waals surface area contributed by atoms with Crippen molar-refractivity contribution in [3.8, 4) is 11.5 Å². The number of nitrogens with zero attached hydrogens (tertiary/aromatic N) is 2. The van der Waals surface area contributed by atoms with Crippen molar-refractivity contribution in [1.82, 2.24) is 10.2 Å². The van der Waals surface area contributed by atoms with Crippen molar-refractivity contribution in [2.24, 2.45) is 0 Å². The minimum atomic E-state index is 0.474. The Labute approximate surface area is 127 Å². The van der Waals surface area contributed by atoms with Gasteiger partial charge in [-0.25, -0.2) is 0 Å². The zero-order chi connectivity index (χ0) is 14.7. The maximum Gasteiger partial charge on any atom is 0.248 e. The summed E-state index contributed by atoms with van der Waals surface area (Å²) in [5, 5.41) is 8.80. The summed E-state index contributed by atoms with van der Waals surface area (Å²) in [5.41, 5.74) is 3.10. The lowest BCUT2D eigenvalue weighted by Crippen LogP contribution is -1.78. The van der Waals surface area contributed by atoms with E-state index < -0.39 is 0 Å². The molecule has 0 aliphatic carbocycles. The maximum absolute atomic E-state index is 5.85. The van der Waals surface area contributed by atoms with Crippen LogP contribution in [-0.4, -0.2) is 10.2 Å². The van der Waals surface area contributed by atoms with Crippen LogP contribution >= 0.6 is 11.6 Å². The Balaban J connectivity index is 1.80. The van der Waals surface area contributed by atoms with Gasteiger partial charge < -0.3 is 4.42 Å². The summed E-state index contributed by atoms with van der Waals surface area (Å²) in [7, 11) is 0. The molecule has 0 atom stereocenters. The topological polar surface area (TPSA) is 38.9 Å². The summed E-state index contributed by atoms with van der Waals surface area (Å²) < 4.78 is 5.64. The van der Waals surface area contributed by atoms with Crippen LogP contribution in [0.3, 0.4) is 0 Å². The lowest BCUT2D eigenvalue weighted by Gasteiger charge is -1.95. The summed E-state index contributed by atoms with van der Waals surface area (Å²) in [5.74, 6) is 0.996. The third kappa shape index (κ3) is 3.38. The molecule has 2 aromatic carbocycles. The fourth-order valence-corrected chi connectivity index (χ4v) is 2.06. The first kappa shape index (κ1) is 13.6. The molecule has 21 heavy (non-hydrogen) atoms. The maximum atomic E-state index is 5.85. The van der Waals surface area contributed by atoms with Crippen molar-refractivity contribution in [3.63, 3.8) is 0 Å². The average Bonchev–Trinajstić information content (AvgIpc) is 2.96. The van der Waals surface area contributed by atoms with Crippen molar-refractivity contribution in [3.05, 3.63) is 70.6 Å².